The number of hydrogen-bond acceptors (Lipinski definition) is 3. The van der Waals surface area contributed by atoms with Gasteiger partial charge in [0.1, 0.15) is 11.3 Å². The number of allylic oxidation sites excluding steroid dienone is 1. The Balaban J connectivity index is 1.48. The predicted molar refractivity (Wildman–Crippen MR) is 165 cm³/mol. The zero-order valence-electron chi connectivity index (χ0n) is 23.1. The van der Waals surface area contributed by atoms with E-state index in [9.17, 15) is 4.79 Å². The summed E-state index contributed by atoms with van der Waals surface area (Å²) in [5, 5.41) is 1.77. The van der Waals surface area contributed by atoms with Gasteiger partial charge in [-0.1, -0.05) is 115 Å². The van der Waals surface area contributed by atoms with E-state index in [1.807, 2.05) is 67.0 Å². The van der Waals surface area contributed by atoms with Gasteiger partial charge in [-0.25, -0.2) is 4.98 Å². The Hall–Kier alpha value is -5.22. The molecule has 0 saturated heterocycles. The van der Waals surface area contributed by atoms with E-state index in [1.165, 1.54) is 0 Å². The molecule has 0 amide bonds. The quantitative estimate of drug-likeness (QED) is 0.113. The van der Waals surface area contributed by atoms with Crippen molar-refractivity contribution in [3.05, 3.63) is 173 Å². The molecule has 1 aromatic heterocycles. The Morgan fingerprint density at radius 1 is 0.707 bits per heavy atom. The third-order valence-corrected chi connectivity index (χ3v) is 7.74. The first kappa shape index (κ1) is 26.0. The Labute approximate surface area is 240 Å². The Bertz CT molecular complexity index is 1740. The van der Waals surface area contributed by atoms with Gasteiger partial charge >= 0.3 is 0 Å². The van der Waals surface area contributed by atoms with Gasteiger partial charge in [-0.05, 0) is 53.3 Å². The molecule has 6 aromatic rings. The molecule has 4 nitrogen and oxygen atoms in total. The van der Waals surface area contributed by atoms with Crippen molar-refractivity contribution in [1.82, 2.24) is 9.55 Å². The lowest BCUT2D eigenvalue weighted by Gasteiger charge is -2.38. The van der Waals surface area contributed by atoms with E-state index < -0.39 is 5.54 Å². The van der Waals surface area contributed by atoms with Gasteiger partial charge in [0.2, 0.25) is 0 Å². The highest BCUT2D eigenvalue weighted by Crippen LogP contribution is 2.42. The molecule has 0 aliphatic rings. The largest absolute Gasteiger partial charge is 0.496 e. The zero-order valence-corrected chi connectivity index (χ0v) is 23.1. The molecule has 6 rings (SSSR count). The van der Waals surface area contributed by atoms with Crippen molar-refractivity contribution in [3.8, 4) is 5.75 Å². The van der Waals surface area contributed by atoms with E-state index >= 15 is 0 Å². The maximum atomic E-state index is 13.4. The fourth-order valence-electron chi connectivity index (χ4n) is 5.79. The Morgan fingerprint density at radius 3 is 1.76 bits per heavy atom. The van der Waals surface area contributed by atoms with E-state index in [2.05, 4.69) is 84.3 Å². The van der Waals surface area contributed by atoms with Crippen molar-refractivity contribution in [2.24, 2.45) is 0 Å². The fraction of sp³-hybridized carbons (Fsp3) is 0.0811. The van der Waals surface area contributed by atoms with Crippen LogP contribution in [-0.4, -0.2) is 22.4 Å². The topological polar surface area (TPSA) is 44.1 Å². The summed E-state index contributed by atoms with van der Waals surface area (Å²) in [5.41, 5.74) is 5.01. The van der Waals surface area contributed by atoms with E-state index in [0.29, 0.717) is 5.56 Å². The molecule has 0 spiro atoms. The second-order valence-corrected chi connectivity index (χ2v) is 9.95. The third kappa shape index (κ3) is 4.53. The summed E-state index contributed by atoms with van der Waals surface area (Å²) < 4.78 is 7.73. The summed E-state index contributed by atoms with van der Waals surface area (Å²) >= 11 is 0. The molecule has 0 N–H and O–H groups in total. The van der Waals surface area contributed by atoms with Gasteiger partial charge in [-0.15, -0.1) is 0 Å². The third-order valence-electron chi connectivity index (χ3n) is 7.74. The highest BCUT2D eigenvalue weighted by Gasteiger charge is 2.39. The maximum absolute atomic E-state index is 13.4. The molecular formula is C37H30N2O2. The molecule has 0 fully saturated rings. The molecule has 0 saturated carbocycles. The van der Waals surface area contributed by atoms with Gasteiger partial charge in [-0.2, -0.15) is 0 Å². The minimum Gasteiger partial charge on any atom is -0.496 e. The van der Waals surface area contributed by atoms with Gasteiger partial charge in [0.05, 0.1) is 19.1 Å². The number of aromatic nitrogens is 2. The van der Waals surface area contributed by atoms with Crippen LogP contribution in [0.1, 0.15) is 38.4 Å². The van der Waals surface area contributed by atoms with Crippen molar-refractivity contribution in [2.45, 2.75) is 12.5 Å². The van der Waals surface area contributed by atoms with Crippen LogP contribution in [-0.2, 0) is 5.54 Å². The average molecular weight is 535 g/mol. The number of carbonyl (C=O) groups is 1. The number of methoxy groups -OCH3 is 1. The number of benzene rings is 5. The number of fused-ring (bicyclic) bond motifs is 1. The van der Waals surface area contributed by atoms with Crippen LogP contribution in [0.4, 0.5) is 0 Å². The molecule has 0 aliphatic heterocycles. The molecule has 5 aromatic carbocycles. The maximum Gasteiger partial charge on any atom is 0.186 e. The summed E-state index contributed by atoms with van der Waals surface area (Å²) in [7, 11) is 1.64. The molecule has 4 heteroatoms. The van der Waals surface area contributed by atoms with Crippen LogP contribution < -0.4 is 4.74 Å². The van der Waals surface area contributed by atoms with Crippen molar-refractivity contribution < 1.29 is 9.53 Å². The molecule has 200 valence electrons. The lowest BCUT2D eigenvalue weighted by molar-refractivity contribution is 0.104. The van der Waals surface area contributed by atoms with Crippen LogP contribution in [0, 0.1) is 6.92 Å². The molecule has 0 unspecified atom stereocenters. The number of ether oxygens (including phenoxy) is 1. The van der Waals surface area contributed by atoms with E-state index in [1.54, 1.807) is 13.2 Å². The molecule has 0 bridgehead atoms. The summed E-state index contributed by atoms with van der Waals surface area (Å²) in [4.78, 5) is 18.3. The van der Waals surface area contributed by atoms with Gasteiger partial charge in [0, 0.05) is 16.6 Å². The van der Waals surface area contributed by atoms with Crippen LogP contribution in [0.15, 0.2) is 140 Å². The number of carbonyl (C=O) groups excluding carboxylic acids is 1. The normalized spacial score (nSPS) is 11.7. The van der Waals surface area contributed by atoms with Gasteiger partial charge in [0.25, 0.3) is 0 Å². The highest BCUT2D eigenvalue weighted by atomic mass is 16.5. The smallest absolute Gasteiger partial charge is 0.186 e. The SMILES string of the molecule is COc1ccc(C(=O)C=Cc2ncn(C(c3ccccc3)(c3ccccc3)c3ccccc3)c2C)c2ccccc12. The van der Waals surface area contributed by atoms with Gasteiger partial charge in [-0.3, -0.25) is 4.79 Å². The first-order chi connectivity index (χ1) is 20.1. The minimum atomic E-state index is -0.664. The zero-order chi connectivity index (χ0) is 28.2. The fourth-order valence-corrected chi connectivity index (χ4v) is 5.79. The van der Waals surface area contributed by atoms with E-state index in [0.717, 1.165) is 44.6 Å². The molecule has 41 heavy (non-hydrogen) atoms. The Kier molecular flexibility index (Phi) is 7.05. The summed E-state index contributed by atoms with van der Waals surface area (Å²) in [6, 6.07) is 43.0. The van der Waals surface area contributed by atoms with Crippen molar-refractivity contribution >= 4 is 22.6 Å². The number of rotatable bonds is 8. The number of imidazole rings is 1. The van der Waals surface area contributed by atoms with Crippen molar-refractivity contribution in [1.29, 1.82) is 0 Å². The predicted octanol–water partition coefficient (Wildman–Crippen LogP) is 8.09. The summed E-state index contributed by atoms with van der Waals surface area (Å²) in [6.45, 7) is 2.06. The van der Waals surface area contributed by atoms with Crippen molar-refractivity contribution in [2.75, 3.05) is 7.11 Å². The number of nitrogens with zero attached hydrogens (tertiary/aromatic N) is 2. The van der Waals surface area contributed by atoms with Gasteiger partial charge < -0.3 is 9.30 Å². The lowest BCUT2D eigenvalue weighted by atomic mass is 9.76. The molecule has 0 radical (unpaired) electrons. The number of ketones is 1. The van der Waals surface area contributed by atoms with Gasteiger partial charge in [0.15, 0.2) is 5.78 Å². The first-order valence-electron chi connectivity index (χ1n) is 13.6. The minimum absolute atomic E-state index is 0.0850. The summed E-state index contributed by atoms with van der Waals surface area (Å²) in [5.74, 6) is 0.660. The number of hydrogen-bond donors (Lipinski definition) is 0. The molecule has 0 aliphatic carbocycles. The van der Waals surface area contributed by atoms with Crippen LogP contribution in [0.25, 0.3) is 16.8 Å². The molecule has 0 atom stereocenters. The van der Waals surface area contributed by atoms with Crippen molar-refractivity contribution in [3.63, 3.8) is 0 Å². The average Bonchev–Trinajstić information content (AvgIpc) is 3.41. The molecular weight excluding hydrogens is 504 g/mol. The monoisotopic (exact) mass is 534 g/mol. The van der Waals surface area contributed by atoms with Crippen LogP contribution in [0.2, 0.25) is 0 Å². The van der Waals surface area contributed by atoms with Crippen LogP contribution in [0.3, 0.4) is 0 Å². The van der Waals surface area contributed by atoms with Crippen LogP contribution >= 0.6 is 0 Å². The van der Waals surface area contributed by atoms with Crippen LogP contribution in [0.5, 0.6) is 5.75 Å². The standard InChI is InChI=1S/C37H30N2O2/c1-27-34(23-24-35(40)32-22-25-36(41-2)33-21-13-12-20-31(32)33)38-26-39(27)37(28-14-6-3-7-15-28,29-16-8-4-9-17-29)30-18-10-5-11-19-30/h3-26H,1-2H3. The Morgan fingerprint density at radius 2 is 1.22 bits per heavy atom. The van der Waals surface area contributed by atoms with E-state index in [4.69, 9.17) is 9.72 Å². The second-order valence-electron chi connectivity index (χ2n) is 9.95. The lowest BCUT2D eigenvalue weighted by Crippen LogP contribution is -2.38. The van der Waals surface area contributed by atoms with E-state index in [-0.39, 0.29) is 5.78 Å². The first-order valence-corrected chi connectivity index (χ1v) is 13.6. The molecule has 1 heterocycles. The second kappa shape index (κ2) is 11.1. The summed E-state index contributed by atoms with van der Waals surface area (Å²) in [6.07, 6.45) is 5.32. The highest BCUT2D eigenvalue weighted by molar-refractivity contribution is 6.15.